The van der Waals surface area contributed by atoms with Crippen LogP contribution in [0.15, 0.2) is 60.9 Å². The lowest BCUT2D eigenvalue weighted by molar-refractivity contribution is 0.102. The Morgan fingerprint density at radius 3 is 2.31 bits per heavy atom. The number of anilines is 2. The van der Waals surface area contributed by atoms with Gasteiger partial charge in [0.05, 0.1) is 23.1 Å². The fourth-order valence-electron chi connectivity index (χ4n) is 2.22. The number of benzene rings is 2. The maximum absolute atomic E-state index is 12.6. The van der Waals surface area contributed by atoms with E-state index in [9.17, 15) is 9.59 Å². The molecule has 0 atom stereocenters. The number of hydrogen-bond donors (Lipinski definition) is 2. The first-order valence-electron chi connectivity index (χ1n) is 7.79. The standard InChI is InChI=1S/C19H15ClN4O2/c1-12-10-22-17(11-21-12)19(26)24-16-5-3-2-4-15(16)18(25)23-14-8-6-13(20)7-9-14/h2-11H,1H3,(H,23,25)(H,24,26). The smallest absolute Gasteiger partial charge is 0.275 e. The van der Waals surface area contributed by atoms with Gasteiger partial charge in [0.25, 0.3) is 11.8 Å². The van der Waals surface area contributed by atoms with Gasteiger partial charge in [0.1, 0.15) is 5.69 Å². The van der Waals surface area contributed by atoms with Crippen LogP contribution in [0.3, 0.4) is 0 Å². The van der Waals surface area contributed by atoms with Gasteiger partial charge in [-0.1, -0.05) is 23.7 Å². The third-order valence-corrected chi connectivity index (χ3v) is 3.79. The van der Waals surface area contributed by atoms with Crippen molar-refractivity contribution in [2.75, 3.05) is 10.6 Å². The Balaban J connectivity index is 1.79. The quantitative estimate of drug-likeness (QED) is 0.732. The summed E-state index contributed by atoms with van der Waals surface area (Å²) in [5, 5.41) is 6.05. The highest BCUT2D eigenvalue weighted by Crippen LogP contribution is 2.19. The first-order valence-corrected chi connectivity index (χ1v) is 8.16. The summed E-state index contributed by atoms with van der Waals surface area (Å²) in [5.74, 6) is -0.789. The Hall–Kier alpha value is -3.25. The number of halogens is 1. The molecule has 2 aromatic carbocycles. The Morgan fingerprint density at radius 1 is 0.885 bits per heavy atom. The second kappa shape index (κ2) is 7.76. The van der Waals surface area contributed by atoms with Gasteiger partial charge in [0.15, 0.2) is 0 Å². The van der Waals surface area contributed by atoms with E-state index in [1.165, 1.54) is 12.4 Å². The lowest BCUT2D eigenvalue weighted by Gasteiger charge is -2.11. The number of carbonyl (C=O) groups is 2. The molecule has 0 aliphatic carbocycles. The zero-order valence-corrected chi connectivity index (χ0v) is 14.6. The predicted molar refractivity (Wildman–Crippen MR) is 101 cm³/mol. The first kappa shape index (κ1) is 17.6. The molecule has 0 unspecified atom stereocenters. The van der Waals surface area contributed by atoms with E-state index in [1.807, 2.05) is 0 Å². The Morgan fingerprint density at radius 2 is 1.62 bits per heavy atom. The van der Waals surface area contributed by atoms with E-state index < -0.39 is 5.91 Å². The third kappa shape index (κ3) is 4.23. The van der Waals surface area contributed by atoms with Crippen LogP contribution in [0, 0.1) is 6.92 Å². The van der Waals surface area contributed by atoms with Gasteiger partial charge in [0.2, 0.25) is 0 Å². The average molecular weight is 367 g/mol. The maximum atomic E-state index is 12.6. The molecule has 0 aliphatic heterocycles. The van der Waals surface area contributed by atoms with Crippen molar-refractivity contribution >= 4 is 34.8 Å². The minimum atomic E-state index is -0.441. The number of hydrogen-bond acceptors (Lipinski definition) is 4. The van der Waals surface area contributed by atoms with Crippen molar-refractivity contribution in [3.8, 4) is 0 Å². The minimum Gasteiger partial charge on any atom is -0.322 e. The van der Waals surface area contributed by atoms with E-state index in [4.69, 9.17) is 11.6 Å². The maximum Gasteiger partial charge on any atom is 0.275 e. The molecule has 0 radical (unpaired) electrons. The predicted octanol–water partition coefficient (Wildman–Crippen LogP) is 3.94. The topological polar surface area (TPSA) is 84.0 Å². The number of aryl methyl sites for hydroxylation is 1. The molecule has 130 valence electrons. The molecule has 0 saturated heterocycles. The third-order valence-electron chi connectivity index (χ3n) is 3.54. The van der Waals surface area contributed by atoms with Gasteiger partial charge in [-0.25, -0.2) is 4.98 Å². The van der Waals surface area contributed by atoms with Crippen molar-refractivity contribution in [1.82, 2.24) is 9.97 Å². The van der Waals surface area contributed by atoms with Crippen molar-refractivity contribution in [1.29, 1.82) is 0 Å². The molecule has 0 saturated carbocycles. The molecule has 6 nitrogen and oxygen atoms in total. The lowest BCUT2D eigenvalue weighted by atomic mass is 10.1. The van der Waals surface area contributed by atoms with Gasteiger partial charge in [-0.3, -0.25) is 14.6 Å². The Labute approximate surface area is 155 Å². The van der Waals surface area contributed by atoms with E-state index in [2.05, 4.69) is 20.6 Å². The fraction of sp³-hybridized carbons (Fsp3) is 0.0526. The largest absolute Gasteiger partial charge is 0.322 e. The molecule has 3 rings (SSSR count). The molecule has 0 aliphatic rings. The van der Waals surface area contributed by atoms with Gasteiger partial charge in [0, 0.05) is 16.9 Å². The number of nitrogens with one attached hydrogen (secondary N) is 2. The average Bonchev–Trinajstić information content (AvgIpc) is 2.64. The Bertz CT molecular complexity index is 941. The zero-order chi connectivity index (χ0) is 18.5. The molecule has 2 amide bonds. The summed E-state index contributed by atoms with van der Waals surface area (Å²) >= 11 is 5.84. The summed E-state index contributed by atoms with van der Waals surface area (Å²) in [4.78, 5) is 33.0. The van der Waals surface area contributed by atoms with Crippen LogP contribution in [0.1, 0.15) is 26.5 Å². The summed E-state index contributed by atoms with van der Waals surface area (Å²) in [6.45, 7) is 1.78. The summed E-state index contributed by atoms with van der Waals surface area (Å²) in [5.41, 5.74) is 2.19. The molecular weight excluding hydrogens is 352 g/mol. The SMILES string of the molecule is Cc1cnc(C(=O)Nc2ccccc2C(=O)Nc2ccc(Cl)cc2)cn1. The summed E-state index contributed by atoms with van der Waals surface area (Å²) < 4.78 is 0. The van der Waals surface area contributed by atoms with Gasteiger partial charge < -0.3 is 10.6 Å². The van der Waals surface area contributed by atoms with Crippen LogP contribution in [-0.2, 0) is 0 Å². The van der Waals surface area contributed by atoms with Crippen LogP contribution in [0.25, 0.3) is 0 Å². The van der Waals surface area contributed by atoms with Crippen LogP contribution in [0.5, 0.6) is 0 Å². The van der Waals surface area contributed by atoms with Crippen LogP contribution < -0.4 is 10.6 Å². The van der Waals surface area contributed by atoms with E-state index in [-0.39, 0.29) is 11.6 Å². The molecule has 7 heteroatoms. The van der Waals surface area contributed by atoms with Gasteiger partial charge >= 0.3 is 0 Å². The summed E-state index contributed by atoms with van der Waals surface area (Å²) in [6.07, 6.45) is 2.90. The number of nitrogens with zero attached hydrogens (tertiary/aromatic N) is 2. The number of amides is 2. The lowest BCUT2D eigenvalue weighted by Crippen LogP contribution is -2.19. The van der Waals surface area contributed by atoms with Crippen LogP contribution in [0.4, 0.5) is 11.4 Å². The molecule has 2 N–H and O–H groups in total. The van der Waals surface area contributed by atoms with Crippen LogP contribution in [-0.4, -0.2) is 21.8 Å². The zero-order valence-electron chi connectivity index (χ0n) is 13.9. The van der Waals surface area contributed by atoms with Crippen molar-refractivity contribution < 1.29 is 9.59 Å². The van der Waals surface area contributed by atoms with E-state index in [1.54, 1.807) is 55.5 Å². The fourth-order valence-corrected chi connectivity index (χ4v) is 2.34. The molecule has 1 aromatic heterocycles. The number of para-hydroxylation sites is 1. The Kier molecular flexibility index (Phi) is 5.24. The van der Waals surface area contributed by atoms with Gasteiger partial charge in [-0.2, -0.15) is 0 Å². The van der Waals surface area contributed by atoms with Crippen molar-refractivity contribution in [2.45, 2.75) is 6.92 Å². The summed E-state index contributed by atoms with van der Waals surface area (Å²) in [6, 6.07) is 13.5. The molecule has 0 bridgehead atoms. The highest BCUT2D eigenvalue weighted by Gasteiger charge is 2.15. The van der Waals surface area contributed by atoms with Crippen LogP contribution >= 0.6 is 11.6 Å². The number of aromatic nitrogens is 2. The number of rotatable bonds is 4. The van der Waals surface area contributed by atoms with Gasteiger partial charge in [-0.05, 0) is 43.3 Å². The highest BCUT2D eigenvalue weighted by atomic mass is 35.5. The van der Waals surface area contributed by atoms with Gasteiger partial charge in [-0.15, -0.1) is 0 Å². The van der Waals surface area contributed by atoms with E-state index in [0.29, 0.717) is 27.7 Å². The second-order valence-corrected chi connectivity index (χ2v) is 5.94. The van der Waals surface area contributed by atoms with Crippen LogP contribution in [0.2, 0.25) is 5.02 Å². The van der Waals surface area contributed by atoms with Crippen molar-refractivity contribution in [3.05, 3.63) is 82.9 Å². The number of carbonyl (C=O) groups excluding carboxylic acids is 2. The first-order chi connectivity index (χ1) is 12.5. The molecule has 3 aromatic rings. The minimum absolute atomic E-state index is 0.170. The van der Waals surface area contributed by atoms with Crippen molar-refractivity contribution in [2.24, 2.45) is 0 Å². The molecule has 0 spiro atoms. The molecule has 0 fully saturated rings. The monoisotopic (exact) mass is 366 g/mol. The molecular formula is C19H15ClN4O2. The highest BCUT2D eigenvalue weighted by molar-refractivity contribution is 6.30. The van der Waals surface area contributed by atoms with E-state index >= 15 is 0 Å². The second-order valence-electron chi connectivity index (χ2n) is 5.50. The van der Waals surface area contributed by atoms with E-state index in [0.717, 1.165) is 0 Å². The summed E-state index contributed by atoms with van der Waals surface area (Å²) in [7, 11) is 0. The molecule has 1 heterocycles. The van der Waals surface area contributed by atoms with Crippen molar-refractivity contribution in [3.63, 3.8) is 0 Å². The molecule has 26 heavy (non-hydrogen) atoms. The normalized spacial score (nSPS) is 10.2.